The van der Waals surface area contributed by atoms with Crippen LogP contribution in [0.5, 0.6) is 0 Å². The Morgan fingerprint density at radius 2 is 2.00 bits per heavy atom. The van der Waals surface area contributed by atoms with Crippen molar-refractivity contribution >= 4 is 15.9 Å². The number of nitrogens with zero attached hydrogens (tertiary/aromatic N) is 1. The molecule has 1 fully saturated rings. The third kappa shape index (κ3) is 2.64. The van der Waals surface area contributed by atoms with Gasteiger partial charge in [0, 0.05) is 16.9 Å². The van der Waals surface area contributed by atoms with Crippen LogP contribution < -0.4 is 0 Å². The second-order valence-corrected chi connectivity index (χ2v) is 5.50. The maximum absolute atomic E-state index is 12.9. The molecule has 0 bridgehead atoms. The van der Waals surface area contributed by atoms with Gasteiger partial charge in [-0.3, -0.25) is 4.90 Å². The largest absolute Gasteiger partial charge is 0.319 e. The Labute approximate surface area is 94.9 Å². The van der Waals surface area contributed by atoms with Crippen LogP contribution in [0.4, 0.5) is 17.6 Å². The Kier molecular flexibility index (Phi) is 3.70. The standard InChI is InChI=1S/C9H14BrF4N/c1-8(2)6(10)3-4-15(8)5-9(13,14)7(11)12/h6-7H,3-5H2,1-2H3. The third-order valence-corrected chi connectivity index (χ3v) is 4.53. The minimum absolute atomic E-state index is 0.0680. The molecule has 90 valence electrons. The fourth-order valence-electron chi connectivity index (χ4n) is 1.71. The summed E-state index contributed by atoms with van der Waals surface area (Å²) < 4.78 is 49.8. The van der Waals surface area contributed by atoms with Crippen molar-refractivity contribution in [3.8, 4) is 0 Å². The molecule has 0 aliphatic carbocycles. The highest BCUT2D eigenvalue weighted by Gasteiger charge is 2.48. The molecule has 1 rings (SSSR count). The predicted molar refractivity (Wildman–Crippen MR) is 53.9 cm³/mol. The molecule has 6 heteroatoms. The number of hydrogen-bond donors (Lipinski definition) is 0. The molecule has 1 saturated heterocycles. The van der Waals surface area contributed by atoms with Crippen molar-refractivity contribution < 1.29 is 17.6 Å². The molecule has 0 spiro atoms. The van der Waals surface area contributed by atoms with E-state index < -0.39 is 24.4 Å². The normalized spacial score (nSPS) is 27.6. The fourth-order valence-corrected chi connectivity index (χ4v) is 2.21. The van der Waals surface area contributed by atoms with E-state index >= 15 is 0 Å². The first-order valence-electron chi connectivity index (χ1n) is 4.73. The van der Waals surface area contributed by atoms with E-state index in [4.69, 9.17) is 0 Å². The summed E-state index contributed by atoms with van der Waals surface area (Å²) in [5.74, 6) is -3.92. The first-order chi connectivity index (χ1) is 6.68. The van der Waals surface area contributed by atoms with Crippen LogP contribution in [0.1, 0.15) is 20.3 Å². The van der Waals surface area contributed by atoms with Crippen molar-refractivity contribution in [2.45, 2.75) is 43.0 Å². The quantitative estimate of drug-likeness (QED) is 0.570. The number of likely N-dealkylation sites (tertiary alicyclic amines) is 1. The van der Waals surface area contributed by atoms with Crippen LogP contribution in [0.3, 0.4) is 0 Å². The number of rotatable bonds is 3. The van der Waals surface area contributed by atoms with E-state index in [1.807, 2.05) is 0 Å². The van der Waals surface area contributed by atoms with Crippen LogP contribution >= 0.6 is 15.9 Å². The lowest BCUT2D eigenvalue weighted by Crippen LogP contribution is -2.50. The summed E-state index contributed by atoms with van der Waals surface area (Å²) in [7, 11) is 0. The molecule has 1 unspecified atom stereocenters. The van der Waals surface area contributed by atoms with Crippen LogP contribution in [0.25, 0.3) is 0 Å². The zero-order valence-electron chi connectivity index (χ0n) is 8.61. The minimum atomic E-state index is -3.92. The first kappa shape index (κ1) is 13.2. The summed E-state index contributed by atoms with van der Waals surface area (Å²) in [5, 5.41) is 0. The SMILES string of the molecule is CC1(C)C(Br)CCN1CC(F)(F)C(F)F. The lowest BCUT2D eigenvalue weighted by molar-refractivity contribution is -0.147. The Balaban J connectivity index is 2.68. The smallest absolute Gasteiger partial charge is 0.291 e. The average molecular weight is 292 g/mol. The fraction of sp³-hybridized carbons (Fsp3) is 1.00. The Morgan fingerprint density at radius 1 is 1.47 bits per heavy atom. The van der Waals surface area contributed by atoms with Gasteiger partial charge < -0.3 is 0 Å². The predicted octanol–water partition coefficient (Wildman–Crippen LogP) is 3.13. The highest BCUT2D eigenvalue weighted by atomic mass is 79.9. The maximum atomic E-state index is 12.9. The van der Waals surface area contributed by atoms with Gasteiger partial charge in [-0.25, -0.2) is 8.78 Å². The van der Waals surface area contributed by atoms with Gasteiger partial charge in [-0.1, -0.05) is 15.9 Å². The third-order valence-electron chi connectivity index (χ3n) is 2.95. The molecular weight excluding hydrogens is 278 g/mol. The number of halogens is 5. The van der Waals surface area contributed by atoms with E-state index in [2.05, 4.69) is 15.9 Å². The van der Waals surface area contributed by atoms with Gasteiger partial charge in [0.15, 0.2) is 0 Å². The van der Waals surface area contributed by atoms with Crippen LogP contribution in [0.2, 0.25) is 0 Å². The molecule has 0 aromatic carbocycles. The molecule has 1 nitrogen and oxygen atoms in total. The lowest BCUT2D eigenvalue weighted by Gasteiger charge is -2.35. The van der Waals surface area contributed by atoms with Crippen LogP contribution in [-0.2, 0) is 0 Å². The van der Waals surface area contributed by atoms with Gasteiger partial charge >= 0.3 is 12.3 Å². The zero-order valence-corrected chi connectivity index (χ0v) is 10.2. The Bertz CT molecular complexity index is 232. The van der Waals surface area contributed by atoms with Crippen LogP contribution in [0.15, 0.2) is 0 Å². The summed E-state index contributed by atoms with van der Waals surface area (Å²) in [5.41, 5.74) is -0.502. The lowest BCUT2D eigenvalue weighted by atomic mass is 10.0. The van der Waals surface area contributed by atoms with Crippen molar-refractivity contribution in [2.24, 2.45) is 0 Å². The van der Waals surface area contributed by atoms with Crippen molar-refractivity contribution in [1.29, 1.82) is 0 Å². The zero-order chi connectivity index (χ0) is 11.9. The van der Waals surface area contributed by atoms with Gasteiger partial charge in [-0.05, 0) is 20.3 Å². The van der Waals surface area contributed by atoms with E-state index in [1.165, 1.54) is 4.90 Å². The maximum Gasteiger partial charge on any atom is 0.319 e. The van der Waals surface area contributed by atoms with Gasteiger partial charge in [0.2, 0.25) is 0 Å². The highest BCUT2D eigenvalue weighted by molar-refractivity contribution is 9.09. The van der Waals surface area contributed by atoms with Crippen molar-refractivity contribution in [1.82, 2.24) is 4.90 Å². The minimum Gasteiger partial charge on any atom is -0.291 e. The van der Waals surface area contributed by atoms with Gasteiger partial charge in [-0.15, -0.1) is 0 Å². The van der Waals surface area contributed by atoms with Gasteiger partial charge in [0.05, 0.1) is 6.54 Å². The monoisotopic (exact) mass is 291 g/mol. The summed E-state index contributed by atoms with van der Waals surface area (Å²) in [6, 6.07) is 0. The second-order valence-electron chi connectivity index (χ2n) is 4.39. The van der Waals surface area contributed by atoms with Gasteiger partial charge in [0.1, 0.15) is 0 Å². The van der Waals surface area contributed by atoms with E-state index in [0.717, 1.165) is 0 Å². The van der Waals surface area contributed by atoms with Crippen LogP contribution in [-0.4, -0.2) is 40.7 Å². The highest BCUT2D eigenvalue weighted by Crippen LogP contribution is 2.37. The molecule has 0 radical (unpaired) electrons. The molecule has 0 N–H and O–H groups in total. The van der Waals surface area contributed by atoms with Crippen molar-refractivity contribution in [2.75, 3.05) is 13.1 Å². The second kappa shape index (κ2) is 4.20. The van der Waals surface area contributed by atoms with Crippen LogP contribution in [0, 0.1) is 0 Å². The van der Waals surface area contributed by atoms with Gasteiger partial charge in [-0.2, -0.15) is 8.78 Å². The molecule has 1 aliphatic heterocycles. The molecule has 1 atom stereocenters. The molecule has 0 amide bonds. The summed E-state index contributed by atoms with van der Waals surface area (Å²) in [6.45, 7) is 3.10. The number of alkyl halides is 5. The molecular formula is C9H14BrF4N. The topological polar surface area (TPSA) is 3.24 Å². The Morgan fingerprint density at radius 3 is 2.33 bits per heavy atom. The van der Waals surface area contributed by atoms with E-state index in [-0.39, 0.29) is 4.83 Å². The van der Waals surface area contributed by atoms with Crippen molar-refractivity contribution in [3.05, 3.63) is 0 Å². The summed E-state index contributed by atoms with van der Waals surface area (Å²) in [6.07, 6.45) is -2.89. The summed E-state index contributed by atoms with van der Waals surface area (Å²) >= 11 is 3.37. The van der Waals surface area contributed by atoms with E-state index in [1.54, 1.807) is 13.8 Å². The summed E-state index contributed by atoms with van der Waals surface area (Å²) in [4.78, 5) is 1.48. The molecule has 15 heavy (non-hydrogen) atoms. The van der Waals surface area contributed by atoms with E-state index in [9.17, 15) is 17.6 Å². The first-order valence-corrected chi connectivity index (χ1v) is 5.64. The molecule has 1 heterocycles. The van der Waals surface area contributed by atoms with E-state index in [0.29, 0.717) is 13.0 Å². The van der Waals surface area contributed by atoms with Gasteiger partial charge in [0.25, 0.3) is 0 Å². The Hall–Kier alpha value is 0.160. The number of hydrogen-bond acceptors (Lipinski definition) is 1. The molecule has 1 aliphatic rings. The molecule has 0 aromatic rings. The average Bonchev–Trinajstić information content (AvgIpc) is 2.31. The van der Waals surface area contributed by atoms with Crippen molar-refractivity contribution in [3.63, 3.8) is 0 Å². The molecule has 0 saturated carbocycles. The molecule has 0 aromatic heterocycles.